The molecule has 8 heteroatoms. The summed E-state index contributed by atoms with van der Waals surface area (Å²) in [7, 11) is 0. The quantitative estimate of drug-likeness (QED) is 0.702. The molecule has 1 heterocycles. The van der Waals surface area contributed by atoms with Crippen molar-refractivity contribution in [3.05, 3.63) is 41.5 Å². The number of nitrogens with two attached hydrogens (primary N) is 1. The van der Waals surface area contributed by atoms with E-state index in [0.717, 1.165) is 16.7 Å². The van der Waals surface area contributed by atoms with Gasteiger partial charge in [-0.1, -0.05) is 13.8 Å². The molecule has 0 saturated heterocycles. The fraction of sp³-hybridized carbons (Fsp3) is 0.333. The predicted octanol–water partition coefficient (Wildman–Crippen LogP) is 2.39. The Bertz CT molecular complexity index is 809. The summed E-state index contributed by atoms with van der Waals surface area (Å²) < 4.78 is 14.3. The monoisotopic (exact) mass is 363 g/mol. The van der Waals surface area contributed by atoms with Crippen molar-refractivity contribution in [2.45, 2.75) is 26.7 Å². The van der Waals surface area contributed by atoms with Crippen LogP contribution in [0.2, 0.25) is 0 Å². The van der Waals surface area contributed by atoms with Crippen LogP contribution in [0.5, 0.6) is 11.5 Å². The summed E-state index contributed by atoms with van der Waals surface area (Å²) in [5.41, 5.74) is 4.82. The zero-order valence-electron chi connectivity index (χ0n) is 14.7. The SMILES string of the molecule is CCCN(CCC)C(=O)c1c(O)c(O)c(C(N)=O)n1-c1ccc(F)cc1. The Balaban J connectivity index is 2.72. The van der Waals surface area contributed by atoms with Crippen LogP contribution in [0.3, 0.4) is 0 Å². The van der Waals surface area contributed by atoms with Crippen molar-refractivity contribution in [1.29, 1.82) is 0 Å². The van der Waals surface area contributed by atoms with Crippen molar-refractivity contribution < 1.29 is 24.2 Å². The van der Waals surface area contributed by atoms with Gasteiger partial charge in [0.25, 0.3) is 11.8 Å². The minimum absolute atomic E-state index is 0.215. The fourth-order valence-electron chi connectivity index (χ4n) is 2.82. The van der Waals surface area contributed by atoms with E-state index in [1.54, 1.807) is 0 Å². The van der Waals surface area contributed by atoms with Crippen molar-refractivity contribution in [1.82, 2.24) is 9.47 Å². The summed E-state index contributed by atoms with van der Waals surface area (Å²) in [6.45, 7) is 4.68. The van der Waals surface area contributed by atoms with Gasteiger partial charge in [-0.2, -0.15) is 0 Å². The van der Waals surface area contributed by atoms with Gasteiger partial charge in [0.2, 0.25) is 0 Å². The number of aromatic nitrogens is 1. The first-order valence-corrected chi connectivity index (χ1v) is 8.35. The van der Waals surface area contributed by atoms with Crippen LogP contribution in [0.4, 0.5) is 4.39 Å². The van der Waals surface area contributed by atoms with Crippen LogP contribution < -0.4 is 5.73 Å². The van der Waals surface area contributed by atoms with Crippen molar-refractivity contribution >= 4 is 11.8 Å². The maximum Gasteiger partial charge on any atom is 0.274 e. The van der Waals surface area contributed by atoms with Gasteiger partial charge in [-0.25, -0.2) is 4.39 Å². The highest BCUT2D eigenvalue weighted by Gasteiger charge is 2.32. The second-order valence-electron chi connectivity index (χ2n) is 5.86. The number of carbonyl (C=O) groups excluding carboxylic acids is 2. The van der Waals surface area contributed by atoms with Crippen LogP contribution in [-0.2, 0) is 0 Å². The Labute approximate surface area is 150 Å². The summed E-state index contributed by atoms with van der Waals surface area (Å²) in [6.07, 6.45) is 1.39. The van der Waals surface area contributed by atoms with Gasteiger partial charge in [0, 0.05) is 18.8 Å². The molecule has 1 aromatic carbocycles. The van der Waals surface area contributed by atoms with Gasteiger partial charge in [-0.05, 0) is 37.1 Å². The van der Waals surface area contributed by atoms with Gasteiger partial charge in [-0.3, -0.25) is 14.2 Å². The molecule has 0 radical (unpaired) electrons. The molecule has 140 valence electrons. The first-order chi connectivity index (χ1) is 12.3. The van der Waals surface area contributed by atoms with Crippen LogP contribution in [0, 0.1) is 5.82 Å². The number of hydrogen-bond acceptors (Lipinski definition) is 4. The third-order valence-corrected chi connectivity index (χ3v) is 3.92. The summed E-state index contributed by atoms with van der Waals surface area (Å²) in [6, 6.07) is 4.92. The Hall–Kier alpha value is -3.03. The van der Waals surface area contributed by atoms with Crippen molar-refractivity contribution in [3.8, 4) is 17.2 Å². The number of aromatic hydroxyl groups is 2. The molecule has 2 rings (SSSR count). The third-order valence-electron chi connectivity index (χ3n) is 3.92. The van der Waals surface area contributed by atoms with Crippen LogP contribution in [-0.4, -0.2) is 44.6 Å². The summed E-state index contributed by atoms with van der Waals surface area (Å²) >= 11 is 0. The maximum absolute atomic E-state index is 13.3. The Morgan fingerprint density at radius 1 is 1.04 bits per heavy atom. The van der Waals surface area contributed by atoms with Gasteiger partial charge in [0.1, 0.15) is 5.82 Å². The van der Waals surface area contributed by atoms with Crippen molar-refractivity contribution in [3.63, 3.8) is 0 Å². The second-order valence-corrected chi connectivity index (χ2v) is 5.86. The molecule has 7 nitrogen and oxygen atoms in total. The third kappa shape index (κ3) is 3.49. The summed E-state index contributed by atoms with van der Waals surface area (Å²) in [5, 5.41) is 20.5. The minimum atomic E-state index is -1.03. The molecule has 0 spiro atoms. The molecule has 1 aromatic heterocycles. The lowest BCUT2D eigenvalue weighted by molar-refractivity contribution is 0.0744. The van der Waals surface area contributed by atoms with Crippen molar-refractivity contribution in [2.75, 3.05) is 13.1 Å². The van der Waals surface area contributed by atoms with Crippen molar-refractivity contribution in [2.24, 2.45) is 5.73 Å². The lowest BCUT2D eigenvalue weighted by atomic mass is 10.2. The highest BCUT2D eigenvalue weighted by molar-refractivity contribution is 6.03. The Morgan fingerprint density at radius 3 is 2.00 bits per heavy atom. The average Bonchev–Trinajstić information content (AvgIpc) is 2.86. The van der Waals surface area contributed by atoms with E-state index in [9.17, 15) is 24.2 Å². The van der Waals surface area contributed by atoms with E-state index in [0.29, 0.717) is 25.9 Å². The van der Waals surface area contributed by atoms with Gasteiger partial charge < -0.3 is 20.8 Å². The van der Waals surface area contributed by atoms with Crippen LogP contribution in [0.15, 0.2) is 24.3 Å². The smallest absolute Gasteiger partial charge is 0.274 e. The van der Waals surface area contributed by atoms with E-state index in [-0.39, 0.29) is 11.4 Å². The standard InChI is InChI=1S/C18H22FN3O4/c1-3-9-21(10-4-2)18(26)14-16(24)15(23)13(17(20)25)22(14)12-7-5-11(19)6-8-12/h5-8,23-24H,3-4,9-10H2,1-2H3,(H2,20,25). The molecular formula is C18H22FN3O4. The number of amides is 2. The van der Waals surface area contributed by atoms with E-state index in [1.807, 2.05) is 13.8 Å². The van der Waals surface area contributed by atoms with E-state index in [1.165, 1.54) is 17.0 Å². The number of primary amides is 1. The highest BCUT2D eigenvalue weighted by atomic mass is 19.1. The maximum atomic E-state index is 13.3. The second kappa shape index (κ2) is 7.90. The van der Waals surface area contributed by atoms with Crippen LogP contribution in [0.25, 0.3) is 5.69 Å². The van der Waals surface area contributed by atoms with E-state index in [2.05, 4.69) is 0 Å². The summed E-state index contributed by atoms with van der Waals surface area (Å²) in [5.74, 6) is -3.61. The first kappa shape index (κ1) is 19.3. The predicted molar refractivity (Wildman–Crippen MR) is 94.1 cm³/mol. The van der Waals surface area contributed by atoms with E-state index < -0.39 is 34.8 Å². The molecule has 26 heavy (non-hydrogen) atoms. The normalized spacial score (nSPS) is 10.7. The average molecular weight is 363 g/mol. The Morgan fingerprint density at radius 2 is 1.54 bits per heavy atom. The van der Waals surface area contributed by atoms with Gasteiger partial charge in [-0.15, -0.1) is 0 Å². The molecule has 4 N–H and O–H groups in total. The van der Waals surface area contributed by atoms with Gasteiger partial charge >= 0.3 is 0 Å². The van der Waals surface area contributed by atoms with E-state index >= 15 is 0 Å². The number of carbonyl (C=O) groups is 2. The Kier molecular flexibility index (Phi) is 5.86. The topological polar surface area (TPSA) is 109 Å². The molecule has 0 unspecified atom stereocenters. The molecule has 0 aliphatic rings. The zero-order chi connectivity index (χ0) is 19.4. The highest BCUT2D eigenvalue weighted by Crippen LogP contribution is 2.38. The number of hydrogen-bond donors (Lipinski definition) is 3. The number of halogens is 1. The molecule has 0 fully saturated rings. The van der Waals surface area contributed by atoms with E-state index in [4.69, 9.17) is 5.73 Å². The molecule has 2 aromatic rings. The molecule has 0 atom stereocenters. The minimum Gasteiger partial charge on any atom is -0.503 e. The zero-order valence-corrected chi connectivity index (χ0v) is 14.7. The van der Waals surface area contributed by atoms with Crippen LogP contribution in [0.1, 0.15) is 47.7 Å². The lowest BCUT2D eigenvalue weighted by Gasteiger charge is -2.22. The molecule has 2 amide bonds. The summed E-state index contributed by atoms with van der Waals surface area (Å²) in [4.78, 5) is 26.3. The number of rotatable bonds is 7. The number of benzene rings is 1. The molecule has 0 aliphatic heterocycles. The fourth-order valence-corrected chi connectivity index (χ4v) is 2.82. The van der Waals surface area contributed by atoms with Gasteiger partial charge in [0.15, 0.2) is 22.9 Å². The largest absolute Gasteiger partial charge is 0.503 e. The van der Waals surface area contributed by atoms with Gasteiger partial charge in [0.05, 0.1) is 0 Å². The van der Waals surface area contributed by atoms with Crippen LogP contribution >= 0.6 is 0 Å². The number of nitrogens with zero attached hydrogens (tertiary/aromatic N) is 2. The molecule has 0 bridgehead atoms. The molecule has 0 aliphatic carbocycles. The first-order valence-electron chi connectivity index (χ1n) is 8.35. The molecule has 0 saturated carbocycles. The lowest BCUT2D eigenvalue weighted by Crippen LogP contribution is -2.34. The molecular weight excluding hydrogens is 341 g/mol.